The van der Waals surface area contributed by atoms with Gasteiger partial charge in [0.15, 0.2) is 6.61 Å². The molecule has 170 valence electrons. The Hall–Kier alpha value is -3.42. The lowest BCUT2D eigenvalue weighted by molar-refractivity contribution is -0.384. The van der Waals surface area contributed by atoms with Gasteiger partial charge in [-0.15, -0.1) is 6.58 Å². The summed E-state index contributed by atoms with van der Waals surface area (Å²) in [5, 5.41) is 11.6. The summed E-state index contributed by atoms with van der Waals surface area (Å²) in [7, 11) is 0. The van der Waals surface area contributed by atoms with E-state index in [-0.39, 0.29) is 17.0 Å². The van der Waals surface area contributed by atoms with Crippen molar-refractivity contribution in [2.75, 3.05) is 24.6 Å². The second kappa shape index (κ2) is 9.80. The molecule has 0 amide bonds. The lowest BCUT2D eigenvalue weighted by Crippen LogP contribution is -2.33. The largest absolute Gasteiger partial charge is 0.454 e. The monoisotopic (exact) mass is 439 g/mol. The molecule has 0 radical (unpaired) electrons. The van der Waals surface area contributed by atoms with E-state index < -0.39 is 17.5 Å². The van der Waals surface area contributed by atoms with E-state index in [1.54, 1.807) is 18.2 Å². The van der Waals surface area contributed by atoms with Gasteiger partial charge in [-0.25, -0.2) is 4.79 Å². The Balaban J connectivity index is 1.72. The Labute approximate surface area is 187 Å². The van der Waals surface area contributed by atoms with Crippen molar-refractivity contribution in [3.05, 3.63) is 69.5 Å². The molecule has 0 aliphatic carbocycles. The third-order valence-electron chi connectivity index (χ3n) is 6.05. The SMILES string of the molecule is C=CCn1c(C)cc(C(=O)COC(=O)c2ccc(N3CCC(C)CC3)c([N+](=O)[O-])c2)c1C. The minimum absolute atomic E-state index is 0.0516. The van der Waals surface area contributed by atoms with E-state index in [0.717, 1.165) is 37.3 Å². The van der Waals surface area contributed by atoms with Gasteiger partial charge < -0.3 is 14.2 Å². The number of ether oxygens (including phenoxy) is 1. The maximum Gasteiger partial charge on any atom is 0.338 e. The number of ketones is 1. The molecule has 1 aromatic heterocycles. The minimum Gasteiger partial charge on any atom is -0.454 e. The van der Waals surface area contributed by atoms with Crippen LogP contribution >= 0.6 is 0 Å². The van der Waals surface area contributed by atoms with Crippen molar-refractivity contribution in [3.8, 4) is 0 Å². The number of carbonyl (C=O) groups excluding carboxylic acids is 2. The van der Waals surface area contributed by atoms with E-state index in [4.69, 9.17) is 4.74 Å². The first-order valence-electron chi connectivity index (χ1n) is 10.7. The summed E-state index contributed by atoms with van der Waals surface area (Å²) in [5.74, 6) is -0.492. The Morgan fingerprint density at radius 3 is 2.56 bits per heavy atom. The van der Waals surface area contributed by atoms with E-state index in [1.807, 2.05) is 23.3 Å². The Morgan fingerprint density at radius 2 is 1.94 bits per heavy atom. The van der Waals surface area contributed by atoms with Gasteiger partial charge in [-0.1, -0.05) is 13.0 Å². The van der Waals surface area contributed by atoms with Gasteiger partial charge >= 0.3 is 5.97 Å². The summed E-state index contributed by atoms with van der Waals surface area (Å²) >= 11 is 0. The van der Waals surface area contributed by atoms with Crippen LogP contribution in [0.1, 0.15) is 51.9 Å². The fraction of sp³-hybridized carbons (Fsp3) is 0.417. The molecule has 2 aromatic rings. The van der Waals surface area contributed by atoms with Gasteiger partial charge in [0.2, 0.25) is 5.78 Å². The molecule has 1 saturated heterocycles. The third-order valence-corrected chi connectivity index (χ3v) is 6.05. The van der Waals surface area contributed by atoms with Gasteiger partial charge in [-0.05, 0) is 50.8 Å². The number of nitro groups is 1. The Bertz CT molecular complexity index is 1050. The number of aryl methyl sites for hydroxylation is 1. The lowest BCUT2D eigenvalue weighted by Gasteiger charge is -2.31. The standard InChI is InChI=1S/C24H29N3O5/c1-5-10-26-17(3)13-20(18(26)4)23(28)15-32-24(29)19-6-7-21(22(14-19)27(30)31)25-11-8-16(2)9-12-25/h5-7,13-14,16H,1,8-12,15H2,2-4H3. The van der Waals surface area contributed by atoms with Gasteiger partial charge in [-0.2, -0.15) is 0 Å². The Kier molecular flexibility index (Phi) is 7.12. The number of allylic oxidation sites excluding steroid dienone is 1. The van der Waals surface area contributed by atoms with Crippen LogP contribution in [0.5, 0.6) is 0 Å². The van der Waals surface area contributed by atoms with Crippen LogP contribution in [0.15, 0.2) is 36.9 Å². The number of carbonyl (C=O) groups is 2. The van der Waals surface area contributed by atoms with Crippen LogP contribution in [0.25, 0.3) is 0 Å². The van der Waals surface area contributed by atoms with E-state index in [1.165, 1.54) is 12.1 Å². The number of hydrogen-bond acceptors (Lipinski definition) is 6. The molecule has 0 spiro atoms. The number of benzene rings is 1. The topological polar surface area (TPSA) is 94.7 Å². The molecule has 0 N–H and O–H groups in total. The molecule has 0 bridgehead atoms. The first-order valence-corrected chi connectivity index (χ1v) is 10.7. The zero-order valence-corrected chi connectivity index (χ0v) is 18.8. The second-order valence-electron chi connectivity index (χ2n) is 8.31. The van der Waals surface area contributed by atoms with E-state index >= 15 is 0 Å². The van der Waals surface area contributed by atoms with Crippen LogP contribution in [-0.2, 0) is 11.3 Å². The van der Waals surface area contributed by atoms with Crippen LogP contribution in [0.2, 0.25) is 0 Å². The number of hydrogen-bond donors (Lipinski definition) is 0. The van der Waals surface area contributed by atoms with Crippen molar-refractivity contribution < 1.29 is 19.2 Å². The average Bonchev–Trinajstić information content (AvgIpc) is 3.06. The highest BCUT2D eigenvalue weighted by molar-refractivity contribution is 6.00. The highest BCUT2D eigenvalue weighted by Gasteiger charge is 2.25. The van der Waals surface area contributed by atoms with E-state index in [0.29, 0.717) is 23.7 Å². The number of piperidine rings is 1. The van der Waals surface area contributed by atoms with Gasteiger partial charge in [-0.3, -0.25) is 14.9 Å². The maximum atomic E-state index is 12.6. The zero-order chi connectivity index (χ0) is 23.4. The van der Waals surface area contributed by atoms with Crippen molar-refractivity contribution >= 4 is 23.1 Å². The van der Waals surface area contributed by atoms with Crippen molar-refractivity contribution in [2.45, 2.75) is 40.2 Å². The summed E-state index contributed by atoms with van der Waals surface area (Å²) in [4.78, 5) is 38.3. The van der Waals surface area contributed by atoms with E-state index in [9.17, 15) is 19.7 Å². The van der Waals surface area contributed by atoms with E-state index in [2.05, 4.69) is 13.5 Å². The minimum atomic E-state index is -0.764. The van der Waals surface area contributed by atoms with Crippen molar-refractivity contribution in [3.63, 3.8) is 0 Å². The Morgan fingerprint density at radius 1 is 1.25 bits per heavy atom. The molecule has 1 aliphatic rings. The van der Waals surface area contributed by atoms with Crippen molar-refractivity contribution in [1.29, 1.82) is 0 Å². The maximum absolute atomic E-state index is 12.6. The summed E-state index contributed by atoms with van der Waals surface area (Å²) in [6.07, 6.45) is 3.68. The molecule has 0 unspecified atom stereocenters. The third kappa shape index (κ3) is 4.90. The quantitative estimate of drug-likeness (QED) is 0.198. The predicted octanol–water partition coefficient (Wildman–Crippen LogP) is 4.48. The van der Waals surface area contributed by atoms with Crippen LogP contribution in [0.4, 0.5) is 11.4 Å². The highest BCUT2D eigenvalue weighted by atomic mass is 16.6. The van der Waals surface area contributed by atoms with Crippen LogP contribution in [0.3, 0.4) is 0 Å². The van der Waals surface area contributed by atoms with Crippen LogP contribution < -0.4 is 4.90 Å². The lowest BCUT2D eigenvalue weighted by atomic mass is 9.98. The van der Waals surface area contributed by atoms with Crippen molar-refractivity contribution in [1.82, 2.24) is 4.57 Å². The van der Waals surface area contributed by atoms with Crippen molar-refractivity contribution in [2.24, 2.45) is 5.92 Å². The smallest absolute Gasteiger partial charge is 0.338 e. The van der Waals surface area contributed by atoms with Gasteiger partial charge in [0.05, 0.1) is 10.5 Å². The van der Waals surface area contributed by atoms with Crippen LogP contribution in [0, 0.1) is 29.9 Å². The molecule has 1 aliphatic heterocycles. The number of Topliss-reactive ketones (excluding diaryl/α,β-unsaturated/α-hetero) is 1. The number of aromatic nitrogens is 1. The fourth-order valence-corrected chi connectivity index (χ4v) is 4.10. The number of rotatable bonds is 8. The second-order valence-corrected chi connectivity index (χ2v) is 8.31. The number of anilines is 1. The first kappa shape index (κ1) is 23.2. The first-order chi connectivity index (χ1) is 15.2. The fourth-order valence-electron chi connectivity index (χ4n) is 4.10. The number of nitro benzene ring substituents is 1. The highest BCUT2D eigenvalue weighted by Crippen LogP contribution is 2.32. The normalized spacial score (nSPS) is 14.3. The summed E-state index contributed by atoms with van der Waals surface area (Å²) in [5.41, 5.74) is 2.60. The molecular formula is C24H29N3O5. The summed E-state index contributed by atoms with van der Waals surface area (Å²) in [6, 6.07) is 6.10. The molecule has 2 heterocycles. The molecule has 3 rings (SSSR count). The molecule has 1 aromatic carbocycles. The molecule has 0 saturated carbocycles. The summed E-state index contributed by atoms with van der Waals surface area (Å²) in [6.45, 7) is 11.2. The molecular weight excluding hydrogens is 410 g/mol. The molecule has 32 heavy (non-hydrogen) atoms. The number of esters is 1. The molecule has 1 fully saturated rings. The molecule has 8 heteroatoms. The predicted molar refractivity (Wildman–Crippen MR) is 122 cm³/mol. The molecule has 0 atom stereocenters. The van der Waals surface area contributed by atoms with Gasteiger partial charge in [0.25, 0.3) is 5.69 Å². The van der Waals surface area contributed by atoms with Gasteiger partial charge in [0.1, 0.15) is 5.69 Å². The summed E-state index contributed by atoms with van der Waals surface area (Å²) < 4.78 is 7.14. The van der Waals surface area contributed by atoms with Gasteiger partial charge in [0, 0.05) is 42.7 Å². The number of nitrogens with zero attached hydrogens (tertiary/aromatic N) is 3. The molecule has 8 nitrogen and oxygen atoms in total. The average molecular weight is 440 g/mol. The zero-order valence-electron chi connectivity index (χ0n) is 18.8. The van der Waals surface area contributed by atoms with Crippen LogP contribution in [-0.4, -0.2) is 40.9 Å².